The summed E-state index contributed by atoms with van der Waals surface area (Å²) in [6.45, 7) is 4.97. The molecule has 3 heteroatoms. The van der Waals surface area contributed by atoms with E-state index in [0.29, 0.717) is 10.9 Å². The largest absolute Gasteiger partial charge is 0.492 e. The highest BCUT2D eigenvalue weighted by atomic mass is 35.5. The van der Waals surface area contributed by atoms with Crippen molar-refractivity contribution < 1.29 is 4.74 Å². The molecule has 0 bridgehead atoms. The van der Waals surface area contributed by atoms with Gasteiger partial charge in [0.1, 0.15) is 5.75 Å². The molecule has 0 heterocycles. The Kier molecular flexibility index (Phi) is 6.07. The Labute approximate surface area is 109 Å². The Balaban J connectivity index is 2.39. The zero-order valence-electron chi connectivity index (χ0n) is 9.87. The SMILES string of the molecule is Cc1ccc(Cl)c(OCCC(C)CCS)c1. The molecule has 1 rings (SSSR count). The summed E-state index contributed by atoms with van der Waals surface area (Å²) in [5.74, 6) is 2.38. The quantitative estimate of drug-likeness (QED) is 0.746. The average Bonchev–Trinajstić information content (AvgIpc) is 2.23. The fourth-order valence-electron chi connectivity index (χ4n) is 1.46. The maximum Gasteiger partial charge on any atom is 0.138 e. The lowest BCUT2D eigenvalue weighted by Gasteiger charge is -2.12. The minimum atomic E-state index is 0.654. The highest BCUT2D eigenvalue weighted by Gasteiger charge is 2.04. The number of benzene rings is 1. The zero-order valence-corrected chi connectivity index (χ0v) is 11.5. The zero-order chi connectivity index (χ0) is 12.0. The molecule has 0 radical (unpaired) electrons. The van der Waals surface area contributed by atoms with E-state index >= 15 is 0 Å². The summed E-state index contributed by atoms with van der Waals surface area (Å²) in [6, 6.07) is 5.84. The van der Waals surface area contributed by atoms with Gasteiger partial charge in [-0.1, -0.05) is 24.6 Å². The van der Waals surface area contributed by atoms with Crippen LogP contribution in [0.1, 0.15) is 25.3 Å². The van der Waals surface area contributed by atoms with E-state index in [2.05, 4.69) is 19.6 Å². The second-order valence-electron chi connectivity index (χ2n) is 4.19. The second kappa shape index (κ2) is 7.08. The number of aryl methyl sites for hydroxylation is 1. The lowest BCUT2D eigenvalue weighted by Crippen LogP contribution is -2.05. The third-order valence-electron chi connectivity index (χ3n) is 2.58. The third-order valence-corrected chi connectivity index (χ3v) is 3.15. The van der Waals surface area contributed by atoms with Crippen LogP contribution < -0.4 is 4.74 Å². The normalized spacial score (nSPS) is 12.5. The lowest BCUT2D eigenvalue weighted by molar-refractivity contribution is 0.282. The van der Waals surface area contributed by atoms with Crippen molar-refractivity contribution in [1.82, 2.24) is 0 Å². The minimum Gasteiger partial charge on any atom is -0.492 e. The first-order chi connectivity index (χ1) is 7.63. The van der Waals surface area contributed by atoms with Crippen molar-refractivity contribution in [2.45, 2.75) is 26.7 Å². The van der Waals surface area contributed by atoms with E-state index in [1.165, 1.54) is 5.56 Å². The molecule has 1 unspecified atom stereocenters. The van der Waals surface area contributed by atoms with Gasteiger partial charge >= 0.3 is 0 Å². The van der Waals surface area contributed by atoms with Gasteiger partial charge in [0.2, 0.25) is 0 Å². The van der Waals surface area contributed by atoms with E-state index in [4.69, 9.17) is 16.3 Å². The van der Waals surface area contributed by atoms with E-state index in [1.54, 1.807) is 0 Å². The van der Waals surface area contributed by atoms with E-state index in [9.17, 15) is 0 Å². The summed E-state index contributed by atoms with van der Waals surface area (Å²) in [6.07, 6.45) is 2.18. The van der Waals surface area contributed by atoms with E-state index < -0.39 is 0 Å². The van der Waals surface area contributed by atoms with Gasteiger partial charge in [-0.2, -0.15) is 12.6 Å². The molecule has 0 aliphatic rings. The first kappa shape index (κ1) is 13.7. The number of rotatable bonds is 6. The van der Waals surface area contributed by atoms with Crippen molar-refractivity contribution in [2.75, 3.05) is 12.4 Å². The maximum atomic E-state index is 6.04. The molecule has 1 atom stereocenters. The molecule has 1 nitrogen and oxygen atoms in total. The van der Waals surface area contributed by atoms with Gasteiger partial charge in [-0.05, 0) is 49.1 Å². The van der Waals surface area contributed by atoms with E-state index in [1.807, 2.05) is 25.1 Å². The monoisotopic (exact) mass is 258 g/mol. The number of hydrogen-bond acceptors (Lipinski definition) is 2. The average molecular weight is 259 g/mol. The first-order valence-corrected chi connectivity index (χ1v) is 6.64. The van der Waals surface area contributed by atoms with Crippen LogP contribution in [0.4, 0.5) is 0 Å². The fraction of sp³-hybridized carbons (Fsp3) is 0.538. The van der Waals surface area contributed by atoms with Crippen LogP contribution in [0.25, 0.3) is 0 Å². The molecule has 0 amide bonds. The maximum absolute atomic E-state index is 6.04. The predicted octanol–water partition coefficient (Wildman–Crippen LogP) is 4.37. The van der Waals surface area contributed by atoms with Gasteiger partial charge in [0, 0.05) is 0 Å². The summed E-state index contributed by atoms with van der Waals surface area (Å²) in [5, 5.41) is 0.687. The first-order valence-electron chi connectivity index (χ1n) is 5.63. The van der Waals surface area contributed by atoms with E-state index in [-0.39, 0.29) is 0 Å². The molecule has 0 fully saturated rings. The van der Waals surface area contributed by atoms with Crippen molar-refractivity contribution in [3.8, 4) is 5.75 Å². The Morgan fingerprint density at radius 1 is 1.38 bits per heavy atom. The molecule has 0 aromatic heterocycles. The van der Waals surface area contributed by atoms with Gasteiger partial charge in [0.15, 0.2) is 0 Å². The molecule has 0 aliphatic carbocycles. The molecular formula is C13H19ClOS. The van der Waals surface area contributed by atoms with Crippen molar-refractivity contribution in [3.05, 3.63) is 28.8 Å². The van der Waals surface area contributed by atoms with Crippen LogP contribution in [-0.4, -0.2) is 12.4 Å². The van der Waals surface area contributed by atoms with Gasteiger partial charge in [0.05, 0.1) is 11.6 Å². The van der Waals surface area contributed by atoms with Gasteiger partial charge < -0.3 is 4.74 Å². The number of hydrogen-bond donors (Lipinski definition) is 1. The van der Waals surface area contributed by atoms with Crippen molar-refractivity contribution in [3.63, 3.8) is 0 Å². The van der Waals surface area contributed by atoms with E-state index in [0.717, 1.165) is 31.0 Å². The fourth-order valence-corrected chi connectivity index (χ4v) is 2.07. The second-order valence-corrected chi connectivity index (χ2v) is 5.04. The molecule has 0 N–H and O–H groups in total. The standard InChI is InChI=1S/C13H19ClOS/c1-10(6-8-16)5-7-15-13-9-11(2)3-4-12(13)14/h3-4,9-10,16H,5-8H2,1-2H3. The van der Waals surface area contributed by atoms with Crippen LogP contribution in [0.15, 0.2) is 18.2 Å². The number of halogens is 1. The Hall–Kier alpha value is -0.340. The van der Waals surface area contributed by atoms with Crippen molar-refractivity contribution in [2.24, 2.45) is 5.92 Å². The van der Waals surface area contributed by atoms with Crippen LogP contribution in [0, 0.1) is 12.8 Å². The highest BCUT2D eigenvalue weighted by molar-refractivity contribution is 7.80. The molecule has 1 aromatic rings. The minimum absolute atomic E-state index is 0.654. The highest BCUT2D eigenvalue weighted by Crippen LogP contribution is 2.25. The van der Waals surface area contributed by atoms with Gasteiger partial charge in [0.25, 0.3) is 0 Å². The number of thiol groups is 1. The van der Waals surface area contributed by atoms with Crippen LogP contribution >= 0.6 is 24.2 Å². The van der Waals surface area contributed by atoms with Crippen LogP contribution in [-0.2, 0) is 0 Å². The summed E-state index contributed by atoms with van der Waals surface area (Å²) in [7, 11) is 0. The summed E-state index contributed by atoms with van der Waals surface area (Å²) >= 11 is 10.3. The van der Waals surface area contributed by atoms with Crippen LogP contribution in [0.3, 0.4) is 0 Å². The molecule has 0 saturated heterocycles. The molecule has 0 aliphatic heterocycles. The van der Waals surface area contributed by atoms with Gasteiger partial charge in [-0.25, -0.2) is 0 Å². The summed E-state index contributed by atoms with van der Waals surface area (Å²) in [4.78, 5) is 0. The van der Waals surface area contributed by atoms with Crippen molar-refractivity contribution >= 4 is 24.2 Å². The topological polar surface area (TPSA) is 9.23 Å². The smallest absolute Gasteiger partial charge is 0.138 e. The molecule has 0 spiro atoms. The Bertz CT molecular complexity index is 328. The van der Waals surface area contributed by atoms with Crippen LogP contribution in [0.5, 0.6) is 5.75 Å². The van der Waals surface area contributed by atoms with Gasteiger partial charge in [-0.15, -0.1) is 0 Å². The molecule has 16 heavy (non-hydrogen) atoms. The molecule has 0 saturated carbocycles. The molecule has 1 aromatic carbocycles. The lowest BCUT2D eigenvalue weighted by atomic mass is 10.1. The van der Waals surface area contributed by atoms with Gasteiger partial charge in [-0.3, -0.25) is 0 Å². The Morgan fingerprint density at radius 2 is 2.12 bits per heavy atom. The van der Waals surface area contributed by atoms with Crippen molar-refractivity contribution in [1.29, 1.82) is 0 Å². The molecule has 90 valence electrons. The number of ether oxygens (including phenoxy) is 1. The Morgan fingerprint density at radius 3 is 2.81 bits per heavy atom. The van der Waals surface area contributed by atoms with Crippen LogP contribution in [0.2, 0.25) is 5.02 Å². The third kappa shape index (κ3) is 4.67. The molecular weight excluding hydrogens is 240 g/mol. The summed E-state index contributed by atoms with van der Waals surface area (Å²) < 4.78 is 5.68. The summed E-state index contributed by atoms with van der Waals surface area (Å²) in [5.41, 5.74) is 1.17. The predicted molar refractivity (Wildman–Crippen MR) is 73.9 cm³/mol.